The van der Waals surface area contributed by atoms with Crippen LogP contribution in [0.3, 0.4) is 0 Å². The van der Waals surface area contributed by atoms with Gasteiger partial charge in [-0.25, -0.2) is 4.98 Å². The molecule has 0 saturated carbocycles. The van der Waals surface area contributed by atoms with Gasteiger partial charge in [-0.05, 0) is 24.3 Å². The van der Waals surface area contributed by atoms with Crippen molar-refractivity contribution in [1.82, 2.24) is 9.97 Å². The molecule has 3 aromatic rings. The van der Waals surface area contributed by atoms with Gasteiger partial charge in [0.15, 0.2) is 0 Å². The largest absolute Gasteiger partial charge is 0.508 e. The minimum absolute atomic E-state index is 0.0709. The molecule has 1 aromatic heterocycles. The van der Waals surface area contributed by atoms with Gasteiger partial charge in [0.1, 0.15) is 17.2 Å². The molecule has 0 spiro atoms. The van der Waals surface area contributed by atoms with E-state index in [1.54, 1.807) is 18.2 Å². The summed E-state index contributed by atoms with van der Waals surface area (Å²) in [6, 6.07) is 11.2. The van der Waals surface area contributed by atoms with E-state index in [2.05, 4.69) is 9.97 Å². The summed E-state index contributed by atoms with van der Waals surface area (Å²) in [5.41, 5.74) is 1.28. The number of fused-ring (bicyclic) bond motifs is 1. The number of aromatic hydroxyl groups is 2. The lowest BCUT2D eigenvalue weighted by molar-refractivity contribution is 0.451. The molecule has 0 aliphatic heterocycles. The molecule has 5 nitrogen and oxygen atoms in total. The second-order valence-electron chi connectivity index (χ2n) is 4.13. The molecule has 2 aromatic carbocycles. The Bertz CT molecular complexity index is 824. The predicted octanol–water partition coefficient (Wildman–Crippen LogP) is 2.00. The first-order valence-electron chi connectivity index (χ1n) is 5.66. The third kappa shape index (κ3) is 1.91. The molecule has 3 N–H and O–H groups in total. The first-order chi connectivity index (χ1) is 9.15. The zero-order valence-electron chi connectivity index (χ0n) is 9.79. The van der Waals surface area contributed by atoms with E-state index in [1.165, 1.54) is 18.2 Å². The van der Waals surface area contributed by atoms with Gasteiger partial charge < -0.3 is 15.2 Å². The van der Waals surface area contributed by atoms with Crippen LogP contribution in [0.15, 0.2) is 47.3 Å². The third-order valence-electron chi connectivity index (χ3n) is 2.84. The molecule has 0 aliphatic rings. The number of phenolic OH excluding ortho intramolecular Hbond substituents is 2. The van der Waals surface area contributed by atoms with E-state index in [0.717, 1.165) is 0 Å². The Labute approximate surface area is 107 Å². The first kappa shape index (κ1) is 11.3. The van der Waals surface area contributed by atoms with Gasteiger partial charge in [-0.2, -0.15) is 0 Å². The van der Waals surface area contributed by atoms with Crippen molar-refractivity contribution in [2.45, 2.75) is 0 Å². The molecule has 0 unspecified atom stereocenters. The third-order valence-corrected chi connectivity index (χ3v) is 2.84. The van der Waals surface area contributed by atoms with Gasteiger partial charge >= 0.3 is 0 Å². The van der Waals surface area contributed by atoms with Crippen LogP contribution in [0.5, 0.6) is 11.5 Å². The zero-order chi connectivity index (χ0) is 13.4. The fourth-order valence-electron chi connectivity index (χ4n) is 1.93. The van der Waals surface area contributed by atoms with Crippen molar-refractivity contribution in [3.8, 4) is 22.8 Å². The molecule has 0 saturated heterocycles. The molecule has 0 aliphatic carbocycles. The number of H-pyrrole nitrogens is 1. The summed E-state index contributed by atoms with van der Waals surface area (Å²) in [5.74, 6) is -0.258. The number of phenols is 2. The van der Waals surface area contributed by atoms with E-state index in [4.69, 9.17) is 0 Å². The van der Waals surface area contributed by atoms with Crippen LogP contribution in [0.1, 0.15) is 0 Å². The van der Waals surface area contributed by atoms with Crippen LogP contribution in [-0.2, 0) is 0 Å². The summed E-state index contributed by atoms with van der Waals surface area (Å²) < 4.78 is 0. The maximum absolute atomic E-state index is 12.0. The molecular weight excluding hydrogens is 244 g/mol. The second-order valence-corrected chi connectivity index (χ2v) is 4.13. The number of nitrogens with one attached hydrogen (secondary N) is 1. The van der Waals surface area contributed by atoms with E-state index in [1.807, 2.05) is 6.07 Å². The molecule has 0 fully saturated rings. The Morgan fingerprint density at radius 1 is 1.05 bits per heavy atom. The SMILES string of the molecule is O=c1[nH]c2ccccc2nc1-c1ccc(O)cc1O. The Kier molecular flexibility index (Phi) is 2.45. The van der Waals surface area contributed by atoms with E-state index >= 15 is 0 Å². The molecule has 19 heavy (non-hydrogen) atoms. The molecule has 0 amide bonds. The fourth-order valence-corrected chi connectivity index (χ4v) is 1.93. The summed E-state index contributed by atoms with van der Waals surface area (Å²) in [5, 5.41) is 19.0. The number of rotatable bonds is 1. The minimum Gasteiger partial charge on any atom is -0.508 e. The Morgan fingerprint density at radius 3 is 2.63 bits per heavy atom. The quantitative estimate of drug-likeness (QED) is 0.620. The van der Waals surface area contributed by atoms with Gasteiger partial charge in [-0.3, -0.25) is 4.79 Å². The molecule has 5 heteroatoms. The van der Waals surface area contributed by atoms with Gasteiger partial charge in [0, 0.05) is 11.6 Å². The average molecular weight is 254 g/mol. The zero-order valence-corrected chi connectivity index (χ0v) is 9.79. The Balaban J connectivity index is 2.30. The number of nitrogens with zero attached hydrogens (tertiary/aromatic N) is 1. The van der Waals surface area contributed by atoms with Crippen LogP contribution < -0.4 is 5.56 Å². The van der Waals surface area contributed by atoms with Crippen molar-refractivity contribution in [1.29, 1.82) is 0 Å². The molecule has 94 valence electrons. The Hall–Kier alpha value is -2.82. The molecular formula is C14H10N2O3. The topological polar surface area (TPSA) is 86.2 Å². The molecule has 3 rings (SSSR count). The number of aromatic amines is 1. The van der Waals surface area contributed by atoms with E-state index in [-0.39, 0.29) is 28.3 Å². The highest BCUT2D eigenvalue weighted by Crippen LogP contribution is 2.29. The monoisotopic (exact) mass is 254 g/mol. The average Bonchev–Trinajstić information content (AvgIpc) is 2.38. The maximum Gasteiger partial charge on any atom is 0.275 e. The smallest absolute Gasteiger partial charge is 0.275 e. The summed E-state index contributed by atoms with van der Waals surface area (Å²) in [7, 11) is 0. The van der Waals surface area contributed by atoms with E-state index in [9.17, 15) is 15.0 Å². The normalized spacial score (nSPS) is 10.7. The lowest BCUT2D eigenvalue weighted by Gasteiger charge is -2.05. The lowest BCUT2D eigenvalue weighted by atomic mass is 10.1. The molecule has 1 heterocycles. The molecule has 0 bridgehead atoms. The predicted molar refractivity (Wildman–Crippen MR) is 71.1 cm³/mol. The first-order valence-corrected chi connectivity index (χ1v) is 5.66. The van der Waals surface area contributed by atoms with Crippen LogP contribution in [0.2, 0.25) is 0 Å². The van der Waals surface area contributed by atoms with Crippen molar-refractivity contribution in [2.75, 3.05) is 0 Å². The summed E-state index contributed by atoms with van der Waals surface area (Å²) >= 11 is 0. The maximum atomic E-state index is 12.0. The highest BCUT2D eigenvalue weighted by atomic mass is 16.3. The van der Waals surface area contributed by atoms with Crippen molar-refractivity contribution in [3.63, 3.8) is 0 Å². The highest BCUT2D eigenvalue weighted by Gasteiger charge is 2.11. The van der Waals surface area contributed by atoms with Gasteiger partial charge in [-0.15, -0.1) is 0 Å². The van der Waals surface area contributed by atoms with Crippen molar-refractivity contribution in [3.05, 3.63) is 52.8 Å². The van der Waals surface area contributed by atoms with Gasteiger partial charge in [0.2, 0.25) is 0 Å². The number of benzene rings is 2. The molecule has 0 atom stereocenters. The number of hydrogen-bond donors (Lipinski definition) is 3. The fraction of sp³-hybridized carbons (Fsp3) is 0. The highest BCUT2D eigenvalue weighted by molar-refractivity contribution is 5.78. The lowest BCUT2D eigenvalue weighted by Crippen LogP contribution is -2.11. The van der Waals surface area contributed by atoms with Gasteiger partial charge in [0.25, 0.3) is 5.56 Å². The van der Waals surface area contributed by atoms with Crippen LogP contribution in [0, 0.1) is 0 Å². The number of aromatic nitrogens is 2. The van der Waals surface area contributed by atoms with Crippen LogP contribution in [0.4, 0.5) is 0 Å². The van der Waals surface area contributed by atoms with Crippen LogP contribution >= 0.6 is 0 Å². The summed E-state index contributed by atoms with van der Waals surface area (Å²) in [4.78, 5) is 18.9. The van der Waals surface area contributed by atoms with Crippen molar-refractivity contribution >= 4 is 11.0 Å². The number of para-hydroxylation sites is 2. The van der Waals surface area contributed by atoms with Crippen LogP contribution in [0.25, 0.3) is 22.3 Å². The van der Waals surface area contributed by atoms with Gasteiger partial charge in [0.05, 0.1) is 11.0 Å². The van der Waals surface area contributed by atoms with E-state index in [0.29, 0.717) is 11.0 Å². The number of hydrogen-bond acceptors (Lipinski definition) is 4. The summed E-state index contributed by atoms with van der Waals surface area (Å²) in [6.45, 7) is 0. The van der Waals surface area contributed by atoms with E-state index < -0.39 is 0 Å². The van der Waals surface area contributed by atoms with Crippen LogP contribution in [-0.4, -0.2) is 20.2 Å². The molecule has 0 radical (unpaired) electrons. The van der Waals surface area contributed by atoms with Gasteiger partial charge in [-0.1, -0.05) is 12.1 Å². The summed E-state index contributed by atoms with van der Waals surface area (Å²) in [6.07, 6.45) is 0. The minimum atomic E-state index is -0.389. The van der Waals surface area contributed by atoms with Crippen molar-refractivity contribution < 1.29 is 10.2 Å². The van der Waals surface area contributed by atoms with Crippen molar-refractivity contribution in [2.24, 2.45) is 0 Å². The standard InChI is InChI=1S/C14H10N2O3/c17-8-5-6-9(12(18)7-8)13-14(19)16-11-4-2-1-3-10(11)15-13/h1-7,17-18H,(H,16,19). The second kappa shape index (κ2) is 4.13. The Morgan fingerprint density at radius 2 is 1.84 bits per heavy atom.